The van der Waals surface area contributed by atoms with Crippen LogP contribution in [-0.2, 0) is 9.47 Å². The molecule has 0 aromatic heterocycles. The van der Waals surface area contributed by atoms with Crippen LogP contribution < -0.4 is 0 Å². The van der Waals surface area contributed by atoms with Gasteiger partial charge in [-0.1, -0.05) is 0 Å². The molecular formula is C17H32N2O2. The summed E-state index contributed by atoms with van der Waals surface area (Å²) in [4.78, 5) is 5.28. The lowest BCUT2D eigenvalue weighted by molar-refractivity contribution is -0.165. The Labute approximate surface area is 129 Å². The van der Waals surface area contributed by atoms with Crippen molar-refractivity contribution in [2.45, 2.75) is 89.9 Å². The summed E-state index contributed by atoms with van der Waals surface area (Å²) in [5.74, 6) is 0. The van der Waals surface area contributed by atoms with Gasteiger partial charge in [0.05, 0.1) is 25.4 Å². The van der Waals surface area contributed by atoms with Crippen LogP contribution in [0.3, 0.4) is 0 Å². The molecule has 0 aromatic rings. The highest BCUT2D eigenvalue weighted by Gasteiger charge is 2.45. The Hall–Kier alpha value is -0.160. The first-order valence-electron chi connectivity index (χ1n) is 8.73. The molecule has 3 aliphatic heterocycles. The fourth-order valence-corrected chi connectivity index (χ4v) is 4.61. The minimum Gasteiger partial charge on any atom is -0.378 e. The van der Waals surface area contributed by atoms with E-state index in [0.29, 0.717) is 42.4 Å². The second kappa shape index (κ2) is 6.15. The predicted octanol–water partition coefficient (Wildman–Crippen LogP) is 2.12. The quantitative estimate of drug-likeness (QED) is 0.793. The lowest BCUT2D eigenvalue weighted by Crippen LogP contribution is -2.67. The summed E-state index contributed by atoms with van der Waals surface area (Å²) in [6, 6.07) is 3.04. The van der Waals surface area contributed by atoms with Gasteiger partial charge in [-0.3, -0.25) is 9.80 Å². The fraction of sp³-hybridized carbons (Fsp3) is 1.00. The molecule has 0 spiro atoms. The van der Waals surface area contributed by atoms with Crippen LogP contribution in [0, 0.1) is 0 Å². The van der Waals surface area contributed by atoms with Gasteiger partial charge in [-0.25, -0.2) is 0 Å². The van der Waals surface area contributed by atoms with Crippen molar-refractivity contribution >= 4 is 0 Å². The van der Waals surface area contributed by atoms with E-state index in [9.17, 15) is 0 Å². The third-order valence-corrected chi connectivity index (χ3v) is 5.69. The van der Waals surface area contributed by atoms with Crippen LogP contribution in [0.4, 0.5) is 0 Å². The first kappa shape index (κ1) is 15.7. The van der Waals surface area contributed by atoms with Crippen LogP contribution in [0.15, 0.2) is 0 Å². The van der Waals surface area contributed by atoms with E-state index in [1.807, 2.05) is 0 Å². The van der Waals surface area contributed by atoms with E-state index in [-0.39, 0.29) is 0 Å². The van der Waals surface area contributed by atoms with Gasteiger partial charge in [-0.15, -0.1) is 0 Å². The van der Waals surface area contributed by atoms with E-state index in [1.165, 1.54) is 6.42 Å². The summed E-state index contributed by atoms with van der Waals surface area (Å²) in [6.07, 6.45) is 3.18. The van der Waals surface area contributed by atoms with Crippen LogP contribution in [0.25, 0.3) is 0 Å². The molecule has 4 unspecified atom stereocenters. The lowest BCUT2D eigenvalue weighted by atomic mass is 9.87. The van der Waals surface area contributed by atoms with Gasteiger partial charge in [0.1, 0.15) is 0 Å². The van der Waals surface area contributed by atoms with E-state index >= 15 is 0 Å². The Morgan fingerprint density at radius 2 is 1.76 bits per heavy atom. The summed E-state index contributed by atoms with van der Waals surface area (Å²) in [7, 11) is 0. The van der Waals surface area contributed by atoms with Crippen molar-refractivity contribution in [1.82, 2.24) is 9.80 Å². The van der Waals surface area contributed by atoms with Crippen molar-refractivity contribution in [3.63, 3.8) is 0 Å². The lowest BCUT2D eigenvalue weighted by Gasteiger charge is -2.56. The monoisotopic (exact) mass is 296 g/mol. The standard InChI is InChI=1S/C17H32N2O2/c1-11(2)18-8-13(4)21-17(14(18)5)6-12(3)19-15-7-16(19)10-20-9-15/h11-17H,6-10H2,1-5H3/t12?,13-,14+,15?,16?,17?/m0/s1. The molecule has 2 bridgehead atoms. The van der Waals surface area contributed by atoms with E-state index < -0.39 is 0 Å². The molecule has 6 atom stereocenters. The zero-order valence-corrected chi connectivity index (χ0v) is 14.3. The maximum absolute atomic E-state index is 6.29. The number of hydrogen-bond donors (Lipinski definition) is 0. The molecule has 122 valence electrons. The fourth-order valence-electron chi connectivity index (χ4n) is 4.61. The van der Waals surface area contributed by atoms with Crippen LogP contribution >= 0.6 is 0 Å². The van der Waals surface area contributed by atoms with Gasteiger partial charge < -0.3 is 9.47 Å². The molecule has 3 rings (SSSR count). The first-order chi connectivity index (χ1) is 9.97. The highest BCUT2D eigenvalue weighted by Crippen LogP contribution is 2.35. The molecular weight excluding hydrogens is 264 g/mol. The topological polar surface area (TPSA) is 24.9 Å². The van der Waals surface area contributed by atoms with E-state index in [4.69, 9.17) is 9.47 Å². The number of fused-ring (bicyclic) bond motifs is 2. The Morgan fingerprint density at radius 1 is 1.10 bits per heavy atom. The Bertz CT molecular complexity index is 349. The van der Waals surface area contributed by atoms with Gasteiger partial charge >= 0.3 is 0 Å². The van der Waals surface area contributed by atoms with Gasteiger partial charge in [-0.05, 0) is 47.5 Å². The Morgan fingerprint density at radius 3 is 2.33 bits per heavy atom. The van der Waals surface area contributed by atoms with Crippen LogP contribution in [-0.4, -0.2) is 72.0 Å². The molecule has 4 nitrogen and oxygen atoms in total. The molecule has 3 fully saturated rings. The molecule has 0 radical (unpaired) electrons. The average molecular weight is 296 g/mol. The molecule has 0 aromatic carbocycles. The SMILES string of the molecule is CC(CC1O[C@@H](C)CN(C(C)C)[C@@H]1C)N1C2COCC1C2. The number of rotatable bonds is 4. The summed E-state index contributed by atoms with van der Waals surface area (Å²) >= 11 is 0. The van der Waals surface area contributed by atoms with Crippen LogP contribution in [0.1, 0.15) is 47.5 Å². The molecule has 0 N–H and O–H groups in total. The summed E-state index contributed by atoms with van der Waals surface area (Å²) in [5.41, 5.74) is 0. The molecule has 3 heterocycles. The van der Waals surface area contributed by atoms with Crippen molar-refractivity contribution in [3.8, 4) is 0 Å². The van der Waals surface area contributed by atoms with Crippen molar-refractivity contribution in [2.24, 2.45) is 0 Å². The highest BCUT2D eigenvalue weighted by atomic mass is 16.5. The van der Waals surface area contributed by atoms with Gasteiger partial charge in [0.25, 0.3) is 0 Å². The number of nitrogens with zero attached hydrogens (tertiary/aromatic N) is 2. The number of ether oxygens (including phenoxy) is 2. The molecule has 4 heteroatoms. The largest absolute Gasteiger partial charge is 0.378 e. The van der Waals surface area contributed by atoms with Gasteiger partial charge in [0.2, 0.25) is 0 Å². The molecule has 21 heavy (non-hydrogen) atoms. The third kappa shape index (κ3) is 3.00. The van der Waals surface area contributed by atoms with E-state index in [1.54, 1.807) is 0 Å². The maximum Gasteiger partial charge on any atom is 0.0746 e. The van der Waals surface area contributed by atoms with Crippen LogP contribution in [0.2, 0.25) is 0 Å². The highest BCUT2D eigenvalue weighted by molar-refractivity contribution is 4.99. The van der Waals surface area contributed by atoms with E-state index in [0.717, 1.165) is 26.2 Å². The van der Waals surface area contributed by atoms with Gasteiger partial charge in [0, 0.05) is 36.8 Å². The first-order valence-corrected chi connectivity index (χ1v) is 8.73. The normalized spacial score (nSPS) is 42.9. The predicted molar refractivity (Wildman–Crippen MR) is 84.6 cm³/mol. The van der Waals surface area contributed by atoms with Gasteiger partial charge in [-0.2, -0.15) is 0 Å². The Kier molecular flexibility index (Phi) is 4.60. The second-order valence-electron chi connectivity index (χ2n) is 7.63. The maximum atomic E-state index is 6.29. The second-order valence-corrected chi connectivity index (χ2v) is 7.63. The molecule has 0 aliphatic carbocycles. The average Bonchev–Trinajstić information content (AvgIpc) is 2.42. The minimum atomic E-state index is 0.347. The molecule has 3 saturated heterocycles. The van der Waals surface area contributed by atoms with E-state index in [2.05, 4.69) is 44.4 Å². The molecule has 0 saturated carbocycles. The summed E-state index contributed by atoms with van der Waals surface area (Å²) < 4.78 is 11.9. The molecule has 3 aliphatic rings. The third-order valence-electron chi connectivity index (χ3n) is 5.69. The Balaban J connectivity index is 1.60. The number of morpholine rings is 2. The van der Waals surface area contributed by atoms with Crippen LogP contribution in [0.5, 0.6) is 0 Å². The smallest absolute Gasteiger partial charge is 0.0746 e. The van der Waals surface area contributed by atoms with Crippen molar-refractivity contribution < 1.29 is 9.47 Å². The van der Waals surface area contributed by atoms with Crippen molar-refractivity contribution in [1.29, 1.82) is 0 Å². The number of hydrogen-bond acceptors (Lipinski definition) is 4. The molecule has 0 amide bonds. The minimum absolute atomic E-state index is 0.347. The summed E-state index contributed by atoms with van der Waals surface area (Å²) in [6.45, 7) is 14.4. The zero-order valence-electron chi connectivity index (χ0n) is 14.3. The summed E-state index contributed by atoms with van der Waals surface area (Å²) in [5, 5.41) is 0. The van der Waals surface area contributed by atoms with Crippen molar-refractivity contribution in [2.75, 3.05) is 19.8 Å². The van der Waals surface area contributed by atoms with Crippen molar-refractivity contribution in [3.05, 3.63) is 0 Å². The van der Waals surface area contributed by atoms with Gasteiger partial charge in [0.15, 0.2) is 0 Å². The zero-order chi connectivity index (χ0) is 15.1.